The summed E-state index contributed by atoms with van der Waals surface area (Å²) in [5, 5.41) is 2.53. The number of carbonyl (C=O) groups excluding carboxylic acids is 2. The highest BCUT2D eigenvalue weighted by molar-refractivity contribution is 5.96. The highest BCUT2D eigenvalue weighted by atomic mass is 16.6. The van der Waals surface area contributed by atoms with Crippen LogP contribution in [-0.4, -0.2) is 52.0 Å². The van der Waals surface area contributed by atoms with Crippen molar-refractivity contribution in [3.63, 3.8) is 0 Å². The predicted molar refractivity (Wildman–Crippen MR) is 111 cm³/mol. The lowest BCUT2D eigenvalue weighted by atomic mass is 10.2. The van der Waals surface area contributed by atoms with Crippen LogP contribution in [0.1, 0.15) is 24.2 Å². The molecule has 0 heterocycles. The Balaban J connectivity index is 1.74. The predicted octanol–water partition coefficient (Wildman–Crippen LogP) is 2.84. The maximum Gasteiger partial charge on any atom is 0.325 e. The smallest absolute Gasteiger partial charge is 0.325 e. The van der Waals surface area contributed by atoms with Crippen molar-refractivity contribution in [2.24, 2.45) is 0 Å². The first-order valence-electron chi connectivity index (χ1n) is 9.67. The molecule has 1 amide bonds. The van der Waals surface area contributed by atoms with E-state index in [4.69, 9.17) is 23.7 Å². The number of nitrogens with one attached hydrogen (secondary N) is 1. The van der Waals surface area contributed by atoms with Gasteiger partial charge in [-0.15, -0.1) is 0 Å². The van der Waals surface area contributed by atoms with Crippen LogP contribution in [0, 0.1) is 0 Å². The van der Waals surface area contributed by atoms with Crippen LogP contribution in [0.15, 0.2) is 42.5 Å². The molecule has 0 aliphatic rings. The Bertz CT molecular complexity index is 821. The Morgan fingerprint density at radius 3 is 2.17 bits per heavy atom. The molecule has 0 atom stereocenters. The summed E-state index contributed by atoms with van der Waals surface area (Å²) in [6, 6.07) is 11.9. The molecule has 0 saturated heterocycles. The van der Waals surface area contributed by atoms with Gasteiger partial charge in [-0.3, -0.25) is 9.59 Å². The summed E-state index contributed by atoms with van der Waals surface area (Å²) in [5.41, 5.74) is 0.359. The maximum atomic E-state index is 12.3. The van der Waals surface area contributed by atoms with Crippen molar-refractivity contribution in [1.29, 1.82) is 0 Å². The Morgan fingerprint density at radius 2 is 1.50 bits per heavy atom. The van der Waals surface area contributed by atoms with Gasteiger partial charge in [0.05, 0.1) is 20.3 Å². The van der Waals surface area contributed by atoms with Gasteiger partial charge in [-0.05, 0) is 56.3 Å². The number of benzene rings is 2. The maximum absolute atomic E-state index is 12.3. The SMILES string of the molecule is CCOc1ccc(C(=O)NCC(=O)OCCOc2ccc(OC)cc2)cc1OCC. The van der Waals surface area contributed by atoms with Crippen LogP contribution in [0.5, 0.6) is 23.0 Å². The molecule has 1 N–H and O–H groups in total. The first-order chi connectivity index (χ1) is 14.6. The Hall–Kier alpha value is -3.42. The lowest BCUT2D eigenvalue weighted by Crippen LogP contribution is -2.31. The second-order valence-electron chi connectivity index (χ2n) is 5.95. The summed E-state index contributed by atoms with van der Waals surface area (Å²) in [6.45, 7) is 4.65. The van der Waals surface area contributed by atoms with E-state index in [1.807, 2.05) is 13.8 Å². The number of amides is 1. The monoisotopic (exact) mass is 417 g/mol. The molecule has 8 heteroatoms. The molecule has 0 aliphatic carbocycles. The van der Waals surface area contributed by atoms with Crippen molar-refractivity contribution in [3.8, 4) is 23.0 Å². The third-order valence-electron chi connectivity index (χ3n) is 3.87. The number of carbonyl (C=O) groups is 2. The van der Waals surface area contributed by atoms with Crippen molar-refractivity contribution in [3.05, 3.63) is 48.0 Å². The second kappa shape index (κ2) is 12.2. The van der Waals surface area contributed by atoms with Crippen LogP contribution < -0.4 is 24.3 Å². The van der Waals surface area contributed by atoms with E-state index in [0.717, 1.165) is 5.75 Å². The molecule has 2 aromatic rings. The van der Waals surface area contributed by atoms with Crippen LogP contribution in [0.25, 0.3) is 0 Å². The summed E-state index contributed by atoms with van der Waals surface area (Å²) in [5.74, 6) is 1.44. The lowest BCUT2D eigenvalue weighted by molar-refractivity contribution is -0.143. The first kappa shape index (κ1) is 22.9. The number of rotatable bonds is 12. The number of hydrogen-bond acceptors (Lipinski definition) is 7. The molecule has 0 saturated carbocycles. The minimum atomic E-state index is -0.558. The first-order valence-corrected chi connectivity index (χ1v) is 9.67. The van der Waals surface area contributed by atoms with Gasteiger partial charge in [-0.1, -0.05) is 0 Å². The van der Waals surface area contributed by atoms with Gasteiger partial charge < -0.3 is 29.0 Å². The number of ether oxygens (including phenoxy) is 5. The fraction of sp³-hybridized carbons (Fsp3) is 0.364. The third kappa shape index (κ3) is 7.20. The minimum Gasteiger partial charge on any atom is -0.497 e. The normalized spacial score (nSPS) is 10.1. The van der Waals surface area contributed by atoms with E-state index >= 15 is 0 Å². The zero-order chi connectivity index (χ0) is 21.8. The zero-order valence-electron chi connectivity index (χ0n) is 17.4. The lowest BCUT2D eigenvalue weighted by Gasteiger charge is -2.12. The van der Waals surface area contributed by atoms with E-state index in [0.29, 0.717) is 36.0 Å². The number of methoxy groups -OCH3 is 1. The van der Waals surface area contributed by atoms with Gasteiger partial charge in [0, 0.05) is 5.56 Å². The average molecular weight is 417 g/mol. The van der Waals surface area contributed by atoms with Crippen LogP contribution in [0.4, 0.5) is 0 Å². The standard InChI is InChI=1S/C22H27NO7/c1-4-27-19-11-6-16(14-20(19)28-5-2)22(25)23-15-21(24)30-13-12-29-18-9-7-17(26-3)8-10-18/h6-11,14H,4-5,12-13,15H2,1-3H3,(H,23,25). The second-order valence-corrected chi connectivity index (χ2v) is 5.95. The van der Waals surface area contributed by atoms with E-state index in [2.05, 4.69) is 5.32 Å². The van der Waals surface area contributed by atoms with E-state index in [1.54, 1.807) is 49.6 Å². The fourth-order valence-electron chi connectivity index (χ4n) is 2.48. The van der Waals surface area contributed by atoms with Gasteiger partial charge in [0.25, 0.3) is 5.91 Å². The molecule has 2 aromatic carbocycles. The third-order valence-corrected chi connectivity index (χ3v) is 3.87. The van der Waals surface area contributed by atoms with E-state index in [-0.39, 0.29) is 19.8 Å². The van der Waals surface area contributed by atoms with Gasteiger partial charge in [0.15, 0.2) is 11.5 Å². The van der Waals surface area contributed by atoms with Crippen LogP contribution in [-0.2, 0) is 9.53 Å². The summed E-state index contributed by atoms with van der Waals surface area (Å²) in [6.07, 6.45) is 0. The molecule has 0 aliphatic heterocycles. The van der Waals surface area contributed by atoms with Crippen molar-refractivity contribution >= 4 is 11.9 Å². The molecule has 0 radical (unpaired) electrons. The van der Waals surface area contributed by atoms with Crippen LogP contribution >= 0.6 is 0 Å². The molecule has 0 aromatic heterocycles. The van der Waals surface area contributed by atoms with Crippen molar-refractivity contribution in [2.45, 2.75) is 13.8 Å². The Morgan fingerprint density at radius 1 is 0.833 bits per heavy atom. The molecule has 8 nitrogen and oxygen atoms in total. The molecule has 162 valence electrons. The van der Waals surface area contributed by atoms with Gasteiger partial charge >= 0.3 is 5.97 Å². The Kier molecular flexibility index (Phi) is 9.30. The average Bonchev–Trinajstić information content (AvgIpc) is 2.77. The van der Waals surface area contributed by atoms with Crippen molar-refractivity contribution in [1.82, 2.24) is 5.32 Å². The van der Waals surface area contributed by atoms with Crippen LogP contribution in [0.2, 0.25) is 0 Å². The molecular formula is C22H27NO7. The molecule has 0 unspecified atom stereocenters. The summed E-state index contributed by atoms with van der Waals surface area (Å²) < 4.78 is 26.6. The minimum absolute atomic E-state index is 0.0677. The van der Waals surface area contributed by atoms with Gasteiger partial charge in [0.2, 0.25) is 0 Å². The molecule has 0 bridgehead atoms. The summed E-state index contributed by atoms with van der Waals surface area (Å²) in [7, 11) is 1.59. The van der Waals surface area contributed by atoms with Gasteiger partial charge in [-0.2, -0.15) is 0 Å². The number of hydrogen-bond donors (Lipinski definition) is 1. The van der Waals surface area contributed by atoms with E-state index in [9.17, 15) is 9.59 Å². The summed E-state index contributed by atoms with van der Waals surface area (Å²) >= 11 is 0. The van der Waals surface area contributed by atoms with E-state index in [1.165, 1.54) is 0 Å². The molecule has 2 rings (SSSR count). The van der Waals surface area contributed by atoms with Crippen molar-refractivity contribution in [2.75, 3.05) is 40.1 Å². The van der Waals surface area contributed by atoms with Gasteiger partial charge in [0.1, 0.15) is 31.3 Å². The molecular weight excluding hydrogens is 390 g/mol. The van der Waals surface area contributed by atoms with Gasteiger partial charge in [-0.25, -0.2) is 0 Å². The van der Waals surface area contributed by atoms with Crippen LogP contribution in [0.3, 0.4) is 0 Å². The molecule has 0 spiro atoms. The Labute approximate surface area is 176 Å². The number of esters is 1. The summed E-state index contributed by atoms with van der Waals surface area (Å²) in [4.78, 5) is 24.1. The van der Waals surface area contributed by atoms with E-state index < -0.39 is 11.9 Å². The molecule has 0 fully saturated rings. The largest absolute Gasteiger partial charge is 0.497 e. The topological polar surface area (TPSA) is 92.3 Å². The fourth-order valence-corrected chi connectivity index (χ4v) is 2.48. The highest BCUT2D eigenvalue weighted by Gasteiger charge is 2.13. The molecule has 30 heavy (non-hydrogen) atoms. The quantitative estimate of drug-likeness (QED) is 0.419. The zero-order valence-corrected chi connectivity index (χ0v) is 17.4. The highest BCUT2D eigenvalue weighted by Crippen LogP contribution is 2.28. The van der Waals surface area contributed by atoms with Crippen molar-refractivity contribution < 1.29 is 33.3 Å².